The topological polar surface area (TPSA) is 102 Å². The molecule has 2 N–H and O–H groups in total. The number of urea groups is 1. The minimum atomic E-state index is -0.500. The van der Waals surface area contributed by atoms with Crippen LogP contribution in [0.4, 0.5) is 9.59 Å². The Kier molecular flexibility index (Phi) is 7.07. The van der Waals surface area contributed by atoms with E-state index < -0.39 is 6.03 Å². The summed E-state index contributed by atoms with van der Waals surface area (Å²) in [6, 6.07) is 22.7. The van der Waals surface area contributed by atoms with Gasteiger partial charge in [-0.3, -0.25) is 4.79 Å². The maximum atomic E-state index is 12.8. The van der Waals surface area contributed by atoms with Crippen molar-refractivity contribution < 1.29 is 19.1 Å². The molecule has 190 valence electrons. The molecule has 37 heavy (non-hydrogen) atoms. The van der Waals surface area contributed by atoms with Crippen LogP contribution in [0.15, 0.2) is 72.8 Å². The van der Waals surface area contributed by atoms with Gasteiger partial charge in [-0.05, 0) is 52.8 Å². The normalized spacial score (nSPS) is 14.9. The highest BCUT2D eigenvalue weighted by atomic mass is 16.6. The molecule has 0 radical (unpaired) electrons. The van der Waals surface area contributed by atoms with Gasteiger partial charge >= 0.3 is 6.09 Å². The number of methoxy groups -OCH3 is 1. The van der Waals surface area contributed by atoms with E-state index in [-0.39, 0.29) is 30.5 Å². The van der Waals surface area contributed by atoms with Gasteiger partial charge in [0.25, 0.3) is 0 Å². The molecule has 1 saturated heterocycles. The number of amidine groups is 1. The second-order valence-corrected chi connectivity index (χ2v) is 9.24. The summed E-state index contributed by atoms with van der Waals surface area (Å²) in [4.78, 5) is 26.9. The van der Waals surface area contributed by atoms with Crippen LogP contribution in [0.1, 0.15) is 35.4 Å². The van der Waals surface area contributed by atoms with Gasteiger partial charge in [0, 0.05) is 25.0 Å². The first-order valence-corrected chi connectivity index (χ1v) is 12.4. The molecule has 8 heteroatoms. The van der Waals surface area contributed by atoms with E-state index in [4.69, 9.17) is 9.47 Å². The van der Waals surface area contributed by atoms with E-state index in [1.54, 1.807) is 29.2 Å². The van der Waals surface area contributed by atoms with Gasteiger partial charge in [0.2, 0.25) is 6.03 Å². The van der Waals surface area contributed by atoms with Crippen molar-refractivity contribution in [2.24, 2.45) is 0 Å². The summed E-state index contributed by atoms with van der Waals surface area (Å²) in [6.07, 6.45) is 0.850. The molecule has 0 saturated carbocycles. The number of hydrogen-bond donors (Lipinski definition) is 2. The maximum absolute atomic E-state index is 12.8. The summed E-state index contributed by atoms with van der Waals surface area (Å²) in [5.74, 6) is 0.340. The third kappa shape index (κ3) is 5.28. The predicted octanol–water partition coefficient (Wildman–Crippen LogP) is 4.72. The number of piperidine rings is 1. The smallest absolute Gasteiger partial charge is 0.409 e. The monoisotopic (exact) mass is 497 g/mol. The minimum Gasteiger partial charge on any atom is -0.497 e. The Labute approximate surface area is 216 Å². The Morgan fingerprint density at radius 3 is 2.24 bits per heavy atom. The van der Waals surface area contributed by atoms with Crippen LogP contribution in [-0.4, -0.2) is 55.7 Å². The Morgan fingerprint density at radius 2 is 1.59 bits per heavy atom. The highest BCUT2D eigenvalue weighted by molar-refractivity contribution is 6.09. The molecular weight excluding hydrogens is 468 g/mol. The van der Waals surface area contributed by atoms with Crippen molar-refractivity contribution >= 4 is 18.0 Å². The Hall–Kier alpha value is -4.33. The fraction of sp³-hybridized carbons (Fsp3) is 0.276. The van der Waals surface area contributed by atoms with Crippen molar-refractivity contribution in [3.05, 3.63) is 94.9 Å². The van der Waals surface area contributed by atoms with E-state index in [2.05, 4.69) is 34.9 Å². The molecule has 0 aromatic heterocycles. The van der Waals surface area contributed by atoms with E-state index >= 15 is 0 Å². The molecule has 3 aromatic carbocycles. The number of hydrogen-bond acceptors (Lipinski definition) is 4. The van der Waals surface area contributed by atoms with Crippen molar-refractivity contribution in [1.82, 2.24) is 15.5 Å². The fourth-order valence-electron chi connectivity index (χ4n) is 5.06. The van der Waals surface area contributed by atoms with E-state index in [0.29, 0.717) is 37.2 Å². The van der Waals surface area contributed by atoms with Crippen LogP contribution >= 0.6 is 0 Å². The highest BCUT2D eigenvalue weighted by Gasteiger charge is 2.30. The van der Waals surface area contributed by atoms with Crippen LogP contribution in [0.25, 0.3) is 16.5 Å². The fourth-order valence-corrected chi connectivity index (χ4v) is 5.06. The van der Waals surface area contributed by atoms with E-state index in [9.17, 15) is 15.0 Å². The van der Waals surface area contributed by atoms with Crippen molar-refractivity contribution in [3.8, 4) is 16.9 Å². The summed E-state index contributed by atoms with van der Waals surface area (Å²) in [5, 5.41) is 15.6. The Morgan fingerprint density at radius 1 is 0.946 bits per heavy atom. The van der Waals surface area contributed by atoms with Gasteiger partial charge in [-0.1, -0.05) is 66.5 Å². The largest absolute Gasteiger partial charge is 0.497 e. The Bertz CT molecular complexity index is 1270. The van der Waals surface area contributed by atoms with Crippen molar-refractivity contribution in [2.45, 2.75) is 24.8 Å². The highest BCUT2D eigenvalue weighted by Crippen LogP contribution is 2.44. The zero-order valence-corrected chi connectivity index (χ0v) is 20.6. The number of likely N-dealkylation sites (tertiary alicyclic amines) is 1. The average Bonchev–Trinajstić information content (AvgIpc) is 3.25. The van der Waals surface area contributed by atoms with Crippen molar-refractivity contribution in [1.29, 1.82) is 0 Å². The van der Waals surface area contributed by atoms with Gasteiger partial charge in [-0.2, -0.15) is 0 Å². The molecular formula is C29H29N4O4-. The zero-order chi connectivity index (χ0) is 25.8. The molecule has 1 heterocycles. The lowest BCUT2D eigenvalue weighted by Gasteiger charge is -2.32. The molecule has 5 rings (SSSR count). The van der Waals surface area contributed by atoms with E-state index in [1.165, 1.54) is 29.4 Å². The number of carbonyl (C=O) groups excluding carboxylic acids is 2. The number of fused-ring (bicyclic) bond motifs is 3. The molecule has 1 aliphatic carbocycles. The molecule has 3 aromatic rings. The van der Waals surface area contributed by atoms with Crippen LogP contribution in [0.3, 0.4) is 0 Å². The van der Waals surface area contributed by atoms with Gasteiger partial charge in [-0.25, -0.2) is 4.79 Å². The van der Waals surface area contributed by atoms with Crippen molar-refractivity contribution in [3.63, 3.8) is 0 Å². The molecule has 1 fully saturated rings. The quantitative estimate of drug-likeness (QED) is 0.393. The first kappa shape index (κ1) is 24.4. The number of nitrogens with zero attached hydrogens (tertiary/aromatic N) is 2. The maximum Gasteiger partial charge on any atom is 0.409 e. The van der Waals surface area contributed by atoms with Crippen LogP contribution < -0.4 is 15.4 Å². The van der Waals surface area contributed by atoms with Crippen molar-refractivity contribution in [2.75, 3.05) is 26.8 Å². The molecule has 0 bridgehead atoms. The first-order chi connectivity index (χ1) is 18.0. The second kappa shape index (κ2) is 10.7. The first-order valence-electron chi connectivity index (χ1n) is 12.4. The number of ether oxygens (including phenoxy) is 2. The number of rotatable bonds is 5. The predicted molar refractivity (Wildman–Crippen MR) is 142 cm³/mol. The van der Waals surface area contributed by atoms with Gasteiger partial charge in [0.1, 0.15) is 12.4 Å². The Balaban J connectivity index is 1.09. The van der Waals surface area contributed by atoms with Crippen LogP contribution in [-0.2, 0) is 4.74 Å². The summed E-state index contributed by atoms with van der Waals surface area (Å²) in [6.45, 7) is 1.24. The number of benzene rings is 3. The van der Waals surface area contributed by atoms with E-state index in [1.807, 2.05) is 24.3 Å². The van der Waals surface area contributed by atoms with Crippen LogP contribution in [0.2, 0.25) is 0 Å². The summed E-state index contributed by atoms with van der Waals surface area (Å²) in [5.41, 5.74) is 5.19. The lowest BCUT2D eigenvalue weighted by Crippen LogP contribution is -2.50. The average molecular weight is 498 g/mol. The van der Waals surface area contributed by atoms with Gasteiger partial charge in [0.05, 0.1) is 7.11 Å². The molecule has 8 nitrogen and oxygen atoms in total. The van der Waals surface area contributed by atoms with Gasteiger partial charge in [-0.15, -0.1) is 0 Å². The van der Waals surface area contributed by atoms with Crippen LogP contribution in [0.5, 0.6) is 5.75 Å². The summed E-state index contributed by atoms with van der Waals surface area (Å²) < 4.78 is 10.9. The van der Waals surface area contributed by atoms with Gasteiger partial charge < -0.3 is 30.4 Å². The third-order valence-electron chi connectivity index (χ3n) is 7.00. The lowest BCUT2D eigenvalue weighted by atomic mass is 9.98. The summed E-state index contributed by atoms with van der Waals surface area (Å²) >= 11 is 0. The number of carbonyl (C=O) groups is 2. The third-order valence-corrected chi connectivity index (χ3v) is 7.00. The van der Waals surface area contributed by atoms with Gasteiger partial charge in [0.15, 0.2) is 0 Å². The summed E-state index contributed by atoms with van der Waals surface area (Å²) in [7, 11) is 1.53. The standard InChI is InChI=1S/C29H29N4O4/c1-36-21-8-6-7-19(17-21)27(30)32-28(34)31-20-13-15-33(16-14-20)29(35)37-18-26-24-11-4-2-9-22(24)23-10-3-5-12-25(23)26/h2-12,17,20,26H,13-16,18H2,1H3,(H2-,30,31,32,34)/q-1. The number of amides is 3. The minimum absolute atomic E-state index is 0.0211. The molecule has 2 aliphatic rings. The van der Waals surface area contributed by atoms with E-state index in [0.717, 1.165) is 0 Å². The molecule has 1 aliphatic heterocycles. The molecule has 3 amide bonds. The van der Waals surface area contributed by atoms with Crippen LogP contribution in [0, 0.1) is 0 Å². The second-order valence-electron chi connectivity index (χ2n) is 9.24. The lowest BCUT2D eigenvalue weighted by molar-refractivity contribution is 0.0892. The molecule has 0 spiro atoms. The zero-order valence-electron chi connectivity index (χ0n) is 20.6. The SMILES string of the molecule is COc1cccc(C(=[N-])NC(=O)NC2CCN(C(=O)OCC3c4ccccc4-c4ccccc43)CC2)c1. The number of nitrogens with one attached hydrogen (secondary N) is 2. The molecule has 0 atom stereocenters. The molecule has 0 unspecified atom stereocenters.